The molecule has 2 aromatic rings. The third-order valence-electron chi connectivity index (χ3n) is 3.66. The second-order valence-corrected chi connectivity index (χ2v) is 5.78. The predicted molar refractivity (Wildman–Crippen MR) is 95.5 cm³/mol. The first-order chi connectivity index (χ1) is 11.0. The highest BCUT2D eigenvalue weighted by Gasteiger charge is 2.09. The molecule has 1 unspecified atom stereocenters. The SMILES string of the molecule is CCC(C)NC(=O)c1ccc(Nc2ccc(N(C)C)cc2)cn1. The molecule has 5 heteroatoms. The van der Waals surface area contributed by atoms with Crippen molar-refractivity contribution in [3.8, 4) is 0 Å². The molecule has 0 aliphatic heterocycles. The van der Waals surface area contributed by atoms with Gasteiger partial charge in [-0.2, -0.15) is 0 Å². The lowest BCUT2D eigenvalue weighted by Crippen LogP contribution is -2.32. The highest BCUT2D eigenvalue weighted by atomic mass is 16.1. The average molecular weight is 312 g/mol. The van der Waals surface area contributed by atoms with Gasteiger partial charge in [0.25, 0.3) is 5.91 Å². The highest BCUT2D eigenvalue weighted by molar-refractivity contribution is 5.92. The van der Waals surface area contributed by atoms with E-state index in [0.29, 0.717) is 5.69 Å². The van der Waals surface area contributed by atoms with Crippen molar-refractivity contribution in [2.75, 3.05) is 24.3 Å². The molecule has 1 heterocycles. The van der Waals surface area contributed by atoms with Gasteiger partial charge in [-0.15, -0.1) is 0 Å². The fraction of sp³-hybridized carbons (Fsp3) is 0.333. The van der Waals surface area contributed by atoms with E-state index in [-0.39, 0.29) is 11.9 Å². The summed E-state index contributed by atoms with van der Waals surface area (Å²) in [6.45, 7) is 4.01. The molecule has 122 valence electrons. The number of nitrogens with one attached hydrogen (secondary N) is 2. The number of carbonyl (C=O) groups is 1. The van der Waals surface area contributed by atoms with E-state index in [1.54, 1.807) is 12.3 Å². The van der Waals surface area contributed by atoms with Gasteiger partial charge in [0.1, 0.15) is 5.69 Å². The van der Waals surface area contributed by atoms with E-state index in [4.69, 9.17) is 0 Å². The largest absolute Gasteiger partial charge is 0.378 e. The zero-order valence-electron chi connectivity index (χ0n) is 14.1. The van der Waals surface area contributed by atoms with E-state index < -0.39 is 0 Å². The Morgan fingerprint density at radius 1 is 1.13 bits per heavy atom. The molecule has 2 rings (SSSR count). The molecule has 1 amide bonds. The molecule has 1 aromatic heterocycles. The number of benzene rings is 1. The standard InChI is InChI=1S/C18H24N4O/c1-5-13(2)20-18(23)17-11-8-15(12-19-17)21-14-6-9-16(10-7-14)22(3)4/h6-13,21H,5H2,1-4H3,(H,20,23). The number of hydrogen-bond donors (Lipinski definition) is 2. The molecule has 0 bridgehead atoms. The Morgan fingerprint density at radius 2 is 1.78 bits per heavy atom. The van der Waals surface area contributed by atoms with Crippen LogP contribution in [-0.2, 0) is 0 Å². The zero-order valence-corrected chi connectivity index (χ0v) is 14.1. The van der Waals surface area contributed by atoms with Crippen molar-refractivity contribution < 1.29 is 4.79 Å². The number of anilines is 3. The average Bonchev–Trinajstić information content (AvgIpc) is 2.55. The highest BCUT2D eigenvalue weighted by Crippen LogP contribution is 2.19. The van der Waals surface area contributed by atoms with Crippen molar-refractivity contribution in [1.29, 1.82) is 0 Å². The van der Waals surface area contributed by atoms with E-state index in [9.17, 15) is 4.79 Å². The van der Waals surface area contributed by atoms with Crippen molar-refractivity contribution in [3.05, 3.63) is 48.3 Å². The number of nitrogens with zero attached hydrogens (tertiary/aromatic N) is 2. The van der Waals surface area contributed by atoms with Gasteiger partial charge >= 0.3 is 0 Å². The Morgan fingerprint density at radius 3 is 2.30 bits per heavy atom. The smallest absolute Gasteiger partial charge is 0.270 e. The van der Waals surface area contributed by atoms with Crippen LogP contribution in [0.25, 0.3) is 0 Å². The van der Waals surface area contributed by atoms with E-state index in [0.717, 1.165) is 23.5 Å². The van der Waals surface area contributed by atoms with Gasteiger partial charge in [-0.05, 0) is 49.7 Å². The van der Waals surface area contributed by atoms with Crippen LogP contribution in [0.15, 0.2) is 42.6 Å². The minimum absolute atomic E-state index is 0.138. The monoisotopic (exact) mass is 312 g/mol. The van der Waals surface area contributed by atoms with Crippen LogP contribution >= 0.6 is 0 Å². The Balaban J connectivity index is 2.00. The van der Waals surface area contributed by atoms with E-state index in [1.807, 2.05) is 58.3 Å². The lowest BCUT2D eigenvalue weighted by atomic mass is 10.2. The molecule has 0 fully saturated rings. The summed E-state index contributed by atoms with van der Waals surface area (Å²) < 4.78 is 0. The van der Waals surface area contributed by atoms with Crippen LogP contribution in [0.5, 0.6) is 0 Å². The van der Waals surface area contributed by atoms with Gasteiger partial charge in [0.05, 0.1) is 11.9 Å². The fourth-order valence-corrected chi connectivity index (χ4v) is 2.01. The number of hydrogen-bond acceptors (Lipinski definition) is 4. The first kappa shape index (κ1) is 16.8. The number of amides is 1. The fourth-order valence-electron chi connectivity index (χ4n) is 2.01. The van der Waals surface area contributed by atoms with Gasteiger partial charge in [0.2, 0.25) is 0 Å². The topological polar surface area (TPSA) is 57.3 Å². The Hall–Kier alpha value is -2.56. The maximum absolute atomic E-state index is 12.0. The third kappa shape index (κ3) is 4.71. The molecular formula is C18H24N4O. The summed E-state index contributed by atoms with van der Waals surface area (Å²) in [5, 5.41) is 6.18. The van der Waals surface area contributed by atoms with Crippen molar-refractivity contribution in [2.45, 2.75) is 26.3 Å². The Bertz CT molecular complexity index is 635. The first-order valence-electron chi connectivity index (χ1n) is 7.81. The van der Waals surface area contributed by atoms with Crippen molar-refractivity contribution >= 4 is 23.0 Å². The molecule has 5 nitrogen and oxygen atoms in total. The quantitative estimate of drug-likeness (QED) is 0.858. The second kappa shape index (κ2) is 7.63. The molecular weight excluding hydrogens is 288 g/mol. The molecule has 1 aromatic carbocycles. The maximum atomic E-state index is 12.0. The van der Waals surface area contributed by atoms with Crippen LogP contribution in [0.2, 0.25) is 0 Å². The normalized spacial score (nSPS) is 11.7. The Labute approximate surface area is 137 Å². The van der Waals surface area contributed by atoms with Crippen LogP contribution < -0.4 is 15.5 Å². The lowest BCUT2D eigenvalue weighted by molar-refractivity contribution is 0.0934. The molecule has 0 spiro atoms. The number of carbonyl (C=O) groups excluding carboxylic acids is 1. The summed E-state index contributed by atoms with van der Waals surface area (Å²) in [5.74, 6) is -0.138. The summed E-state index contributed by atoms with van der Waals surface area (Å²) in [4.78, 5) is 18.3. The van der Waals surface area contributed by atoms with Gasteiger partial charge < -0.3 is 15.5 Å². The summed E-state index contributed by atoms with van der Waals surface area (Å²) in [6.07, 6.45) is 2.57. The van der Waals surface area contributed by atoms with Crippen LogP contribution in [0.1, 0.15) is 30.8 Å². The maximum Gasteiger partial charge on any atom is 0.270 e. The predicted octanol–water partition coefficient (Wildman–Crippen LogP) is 3.42. The molecule has 0 aliphatic rings. The minimum atomic E-state index is -0.138. The number of rotatable bonds is 6. The molecule has 0 saturated carbocycles. The van der Waals surface area contributed by atoms with E-state index >= 15 is 0 Å². The molecule has 0 aliphatic carbocycles. The zero-order chi connectivity index (χ0) is 16.8. The molecule has 2 N–H and O–H groups in total. The summed E-state index contributed by atoms with van der Waals surface area (Å²) >= 11 is 0. The Kier molecular flexibility index (Phi) is 5.57. The second-order valence-electron chi connectivity index (χ2n) is 5.78. The minimum Gasteiger partial charge on any atom is -0.378 e. The van der Waals surface area contributed by atoms with Gasteiger partial charge in [0, 0.05) is 31.5 Å². The van der Waals surface area contributed by atoms with Crippen LogP contribution in [0, 0.1) is 0 Å². The van der Waals surface area contributed by atoms with Gasteiger partial charge in [-0.25, -0.2) is 4.98 Å². The van der Waals surface area contributed by atoms with E-state index in [1.165, 1.54) is 0 Å². The van der Waals surface area contributed by atoms with Crippen molar-refractivity contribution in [2.24, 2.45) is 0 Å². The van der Waals surface area contributed by atoms with Crippen LogP contribution in [0.3, 0.4) is 0 Å². The molecule has 1 atom stereocenters. The van der Waals surface area contributed by atoms with Crippen molar-refractivity contribution in [1.82, 2.24) is 10.3 Å². The molecule has 0 saturated heterocycles. The summed E-state index contributed by atoms with van der Waals surface area (Å²) in [7, 11) is 4.02. The number of pyridine rings is 1. The summed E-state index contributed by atoms with van der Waals surface area (Å²) in [6, 6.07) is 11.9. The third-order valence-corrected chi connectivity index (χ3v) is 3.66. The van der Waals surface area contributed by atoms with Gasteiger partial charge in [0.15, 0.2) is 0 Å². The summed E-state index contributed by atoms with van der Waals surface area (Å²) in [5.41, 5.74) is 3.40. The number of aromatic nitrogens is 1. The van der Waals surface area contributed by atoms with Crippen molar-refractivity contribution in [3.63, 3.8) is 0 Å². The lowest BCUT2D eigenvalue weighted by Gasteiger charge is -2.13. The first-order valence-corrected chi connectivity index (χ1v) is 7.81. The van der Waals surface area contributed by atoms with Crippen LogP contribution in [-0.4, -0.2) is 31.0 Å². The van der Waals surface area contributed by atoms with Gasteiger partial charge in [-0.1, -0.05) is 6.92 Å². The molecule has 23 heavy (non-hydrogen) atoms. The molecule has 0 radical (unpaired) electrons. The van der Waals surface area contributed by atoms with E-state index in [2.05, 4.69) is 20.5 Å². The van der Waals surface area contributed by atoms with Gasteiger partial charge in [-0.3, -0.25) is 4.79 Å². The van der Waals surface area contributed by atoms with Crippen LogP contribution in [0.4, 0.5) is 17.1 Å².